The average Bonchev–Trinajstić information content (AvgIpc) is 3.24. The first-order valence-corrected chi connectivity index (χ1v) is 10.2. The first-order valence-electron chi connectivity index (χ1n) is 10.2. The van der Waals surface area contributed by atoms with Gasteiger partial charge in [0.25, 0.3) is 0 Å². The number of hydrogen-bond acceptors (Lipinski definition) is 4. The Labute approximate surface area is 175 Å². The Kier molecular flexibility index (Phi) is 4.89. The largest absolute Gasteiger partial charge is 0.508 e. The molecule has 0 saturated carbocycles. The molecule has 3 aromatic rings. The van der Waals surface area contributed by atoms with Gasteiger partial charge in [-0.3, -0.25) is 9.58 Å². The molecule has 154 valence electrons. The maximum atomic E-state index is 14.7. The van der Waals surface area contributed by atoms with E-state index < -0.39 is 0 Å². The van der Waals surface area contributed by atoms with E-state index in [2.05, 4.69) is 17.0 Å². The second-order valence-electron chi connectivity index (χ2n) is 8.03. The van der Waals surface area contributed by atoms with Crippen molar-refractivity contribution >= 4 is 5.57 Å². The molecule has 30 heavy (non-hydrogen) atoms. The topological polar surface area (TPSA) is 50.5 Å². The van der Waals surface area contributed by atoms with Gasteiger partial charge in [0.15, 0.2) is 0 Å². The number of hydrogen-bond donors (Lipinski definition) is 1. The lowest BCUT2D eigenvalue weighted by atomic mass is 9.99. The van der Waals surface area contributed by atoms with Crippen LogP contribution in [0.2, 0.25) is 0 Å². The molecule has 1 N–H and O–H groups in total. The highest BCUT2D eigenvalue weighted by Crippen LogP contribution is 2.34. The van der Waals surface area contributed by atoms with E-state index in [-0.39, 0.29) is 11.6 Å². The summed E-state index contributed by atoms with van der Waals surface area (Å²) in [6.07, 6.45) is 2.89. The average molecular weight is 405 g/mol. The SMILES string of the molecule is CN1Cc2nn(Cc3cc(O)cc(C4=CCOCC4)c3)c(-c3ccccc3F)c2C1. The Bertz CT molecular complexity index is 1140. The Morgan fingerprint density at radius 2 is 2.03 bits per heavy atom. The normalized spacial score (nSPS) is 16.5. The van der Waals surface area contributed by atoms with E-state index >= 15 is 0 Å². The van der Waals surface area contributed by atoms with Crippen LogP contribution in [0.25, 0.3) is 16.8 Å². The number of benzene rings is 2. The third kappa shape index (κ3) is 3.53. The van der Waals surface area contributed by atoms with Crippen molar-refractivity contribution in [3.8, 4) is 17.0 Å². The molecule has 0 fully saturated rings. The monoisotopic (exact) mass is 405 g/mol. The van der Waals surface area contributed by atoms with Crippen molar-refractivity contribution in [3.63, 3.8) is 0 Å². The fourth-order valence-corrected chi connectivity index (χ4v) is 4.41. The van der Waals surface area contributed by atoms with E-state index in [0.29, 0.717) is 25.3 Å². The summed E-state index contributed by atoms with van der Waals surface area (Å²) in [6, 6.07) is 12.5. The van der Waals surface area contributed by atoms with Gasteiger partial charge in [0.1, 0.15) is 11.6 Å². The van der Waals surface area contributed by atoms with Crippen LogP contribution >= 0.6 is 0 Å². The van der Waals surface area contributed by atoms with Gasteiger partial charge in [0.2, 0.25) is 0 Å². The summed E-state index contributed by atoms with van der Waals surface area (Å²) in [6.45, 7) is 3.25. The van der Waals surface area contributed by atoms with Gasteiger partial charge < -0.3 is 9.84 Å². The standard InChI is InChI=1S/C24H24FN3O2/c1-27-14-21-23(15-27)26-28(24(21)20-4-2-3-5-22(20)25)13-16-10-18(12-19(29)11-16)17-6-8-30-9-7-17/h2-6,10-12,29H,7-9,13-15H2,1H3. The molecule has 3 heterocycles. The van der Waals surface area contributed by atoms with Gasteiger partial charge in [-0.25, -0.2) is 4.39 Å². The van der Waals surface area contributed by atoms with Crippen LogP contribution in [0.5, 0.6) is 5.75 Å². The minimum Gasteiger partial charge on any atom is -0.508 e. The van der Waals surface area contributed by atoms with Crippen LogP contribution in [0.4, 0.5) is 4.39 Å². The number of aromatic nitrogens is 2. The Morgan fingerprint density at radius 3 is 2.83 bits per heavy atom. The molecule has 0 amide bonds. The van der Waals surface area contributed by atoms with Crippen molar-refractivity contribution < 1.29 is 14.2 Å². The van der Waals surface area contributed by atoms with E-state index in [0.717, 1.165) is 47.6 Å². The van der Waals surface area contributed by atoms with Crippen molar-refractivity contribution in [3.05, 3.63) is 76.7 Å². The number of aromatic hydroxyl groups is 1. The van der Waals surface area contributed by atoms with Gasteiger partial charge in [0, 0.05) is 24.2 Å². The van der Waals surface area contributed by atoms with E-state index in [4.69, 9.17) is 9.84 Å². The number of ether oxygens (including phenoxy) is 1. The summed E-state index contributed by atoms with van der Waals surface area (Å²) >= 11 is 0. The summed E-state index contributed by atoms with van der Waals surface area (Å²) < 4.78 is 22.0. The molecule has 0 spiro atoms. The highest BCUT2D eigenvalue weighted by atomic mass is 19.1. The van der Waals surface area contributed by atoms with Gasteiger partial charge >= 0.3 is 0 Å². The molecular formula is C24H24FN3O2. The zero-order chi connectivity index (χ0) is 20.7. The Balaban J connectivity index is 1.56. The smallest absolute Gasteiger partial charge is 0.132 e. The van der Waals surface area contributed by atoms with Crippen LogP contribution < -0.4 is 0 Å². The first-order chi connectivity index (χ1) is 14.6. The molecule has 5 nitrogen and oxygen atoms in total. The Hall–Kier alpha value is -2.96. The maximum Gasteiger partial charge on any atom is 0.132 e. The second kappa shape index (κ2) is 7.70. The van der Waals surface area contributed by atoms with Gasteiger partial charge in [-0.1, -0.05) is 18.2 Å². The predicted molar refractivity (Wildman–Crippen MR) is 113 cm³/mol. The molecule has 0 radical (unpaired) electrons. The van der Waals surface area contributed by atoms with Crippen LogP contribution in [0, 0.1) is 5.82 Å². The summed E-state index contributed by atoms with van der Waals surface area (Å²) in [5.41, 5.74) is 6.57. The van der Waals surface area contributed by atoms with Crippen molar-refractivity contribution in [1.82, 2.24) is 14.7 Å². The summed E-state index contributed by atoms with van der Waals surface area (Å²) in [5, 5.41) is 15.1. The van der Waals surface area contributed by atoms with Crippen LogP contribution in [-0.2, 0) is 24.4 Å². The van der Waals surface area contributed by atoms with Crippen LogP contribution in [0.1, 0.15) is 28.8 Å². The molecule has 2 aliphatic rings. The number of rotatable bonds is 4. The molecule has 0 saturated heterocycles. The van der Waals surface area contributed by atoms with Crippen molar-refractivity contribution in [2.24, 2.45) is 0 Å². The molecule has 2 aromatic carbocycles. The zero-order valence-electron chi connectivity index (χ0n) is 16.9. The summed E-state index contributed by atoms with van der Waals surface area (Å²) in [7, 11) is 2.04. The highest BCUT2D eigenvalue weighted by Gasteiger charge is 2.27. The fraction of sp³-hybridized carbons (Fsp3) is 0.292. The van der Waals surface area contributed by atoms with Crippen LogP contribution in [-0.4, -0.2) is 40.0 Å². The molecule has 0 unspecified atom stereocenters. The lowest BCUT2D eigenvalue weighted by Gasteiger charge is -2.16. The van der Waals surface area contributed by atoms with Crippen LogP contribution in [0.3, 0.4) is 0 Å². The van der Waals surface area contributed by atoms with Crippen molar-refractivity contribution in [2.75, 3.05) is 20.3 Å². The maximum absolute atomic E-state index is 14.7. The molecule has 5 rings (SSSR count). The number of halogens is 1. The van der Waals surface area contributed by atoms with Gasteiger partial charge in [-0.15, -0.1) is 0 Å². The molecule has 6 heteroatoms. The Morgan fingerprint density at radius 1 is 1.17 bits per heavy atom. The lowest BCUT2D eigenvalue weighted by molar-refractivity contribution is 0.161. The van der Waals surface area contributed by atoms with Gasteiger partial charge in [-0.2, -0.15) is 5.10 Å². The van der Waals surface area contributed by atoms with Crippen LogP contribution in [0.15, 0.2) is 48.5 Å². The second-order valence-corrected chi connectivity index (χ2v) is 8.03. The van der Waals surface area contributed by atoms with Gasteiger partial charge in [0.05, 0.1) is 31.1 Å². The zero-order valence-corrected chi connectivity index (χ0v) is 16.9. The van der Waals surface area contributed by atoms with E-state index in [1.165, 1.54) is 11.6 Å². The molecule has 2 aliphatic heterocycles. The number of fused-ring (bicyclic) bond motifs is 1. The van der Waals surface area contributed by atoms with Crippen molar-refractivity contribution in [2.45, 2.75) is 26.1 Å². The molecule has 0 bridgehead atoms. The number of phenols is 1. The first kappa shape index (κ1) is 19.0. The lowest BCUT2D eigenvalue weighted by Crippen LogP contribution is -2.13. The molecular weight excluding hydrogens is 381 g/mol. The van der Waals surface area contributed by atoms with E-state index in [9.17, 15) is 9.50 Å². The third-order valence-corrected chi connectivity index (χ3v) is 5.75. The highest BCUT2D eigenvalue weighted by molar-refractivity contribution is 5.69. The molecule has 1 aromatic heterocycles. The van der Waals surface area contributed by atoms with Crippen molar-refractivity contribution in [1.29, 1.82) is 0 Å². The number of phenolic OH excluding ortho intramolecular Hbond substituents is 1. The number of nitrogens with zero attached hydrogens (tertiary/aromatic N) is 3. The fourth-order valence-electron chi connectivity index (χ4n) is 4.41. The summed E-state index contributed by atoms with van der Waals surface area (Å²) in [4.78, 5) is 2.18. The van der Waals surface area contributed by atoms with Gasteiger partial charge in [-0.05, 0) is 60.5 Å². The molecule has 0 aliphatic carbocycles. The predicted octanol–water partition coefficient (Wildman–Crippen LogP) is 4.19. The van der Waals surface area contributed by atoms with E-state index in [1.807, 2.05) is 23.9 Å². The summed E-state index contributed by atoms with van der Waals surface area (Å²) in [5.74, 6) is -0.0262. The third-order valence-electron chi connectivity index (χ3n) is 5.75. The minimum atomic E-state index is -0.250. The van der Waals surface area contributed by atoms with E-state index in [1.54, 1.807) is 18.2 Å². The quantitative estimate of drug-likeness (QED) is 0.707. The minimum absolute atomic E-state index is 0.224. The molecule has 0 atom stereocenters.